The normalized spacial score (nSPS) is 37.0. The van der Waals surface area contributed by atoms with Gasteiger partial charge in [-0.3, -0.25) is 0 Å². The Morgan fingerprint density at radius 1 is 1.25 bits per heavy atom. The molecule has 2 aliphatic rings. The Hall–Kier alpha value is -0.170. The van der Waals surface area contributed by atoms with E-state index in [1.54, 1.807) is 4.31 Å². The quantitative estimate of drug-likeness (QED) is 0.825. The van der Waals surface area contributed by atoms with Gasteiger partial charge in [-0.15, -0.1) is 0 Å². The fourth-order valence-corrected chi connectivity index (χ4v) is 5.45. The van der Waals surface area contributed by atoms with Gasteiger partial charge in [0.2, 0.25) is 0 Å². The largest absolute Gasteiger partial charge is 0.329 e. The predicted octanol–water partition coefficient (Wildman–Crippen LogP) is 1.46. The fourth-order valence-electron chi connectivity index (χ4n) is 3.68. The Bertz CT molecular complexity index is 426. The van der Waals surface area contributed by atoms with Gasteiger partial charge in [-0.1, -0.05) is 26.7 Å². The topological polar surface area (TPSA) is 75.4 Å². The van der Waals surface area contributed by atoms with E-state index in [-0.39, 0.29) is 0 Å². The van der Waals surface area contributed by atoms with E-state index in [0.717, 1.165) is 32.1 Å². The van der Waals surface area contributed by atoms with Gasteiger partial charge in [-0.05, 0) is 37.5 Å². The molecule has 6 heteroatoms. The molecule has 1 saturated heterocycles. The monoisotopic (exact) mass is 303 g/mol. The molecule has 1 aliphatic carbocycles. The molecule has 3 N–H and O–H groups in total. The molecule has 2 rings (SSSR count). The molecule has 1 aliphatic heterocycles. The van der Waals surface area contributed by atoms with Crippen molar-refractivity contribution >= 4 is 10.2 Å². The minimum absolute atomic E-state index is 0.389. The van der Waals surface area contributed by atoms with E-state index in [0.29, 0.717) is 31.5 Å². The average molecular weight is 303 g/mol. The van der Waals surface area contributed by atoms with Crippen molar-refractivity contribution in [3.05, 3.63) is 0 Å². The molecule has 0 radical (unpaired) electrons. The van der Waals surface area contributed by atoms with E-state index in [1.165, 1.54) is 6.42 Å². The number of hydrogen-bond donors (Lipinski definition) is 2. The number of nitrogens with one attached hydrogen (secondary N) is 1. The van der Waals surface area contributed by atoms with Gasteiger partial charge in [0.1, 0.15) is 0 Å². The van der Waals surface area contributed by atoms with Gasteiger partial charge >= 0.3 is 0 Å². The van der Waals surface area contributed by atoms with Crippen molar-refractivity contribution in [2.24, 2.45) is 17.6 Å². The van der Waals surface area contributed by atoms with Crippen LogP contribution in [0.4, 0.5) is 0 Å². The summed E-state index contributed by atoms with van der Waals surface area (Å²) in [5.74, 6) is 0.981. The maximum absolute atomic E-state index is 12.6. The second kappa shape index (κ2) is 6.30. The molecular formula is C14H29N3O2S. The first-order valence-corrected chi connectivity index (χ1v) is 9.30. The van der Waals surface area contributed by atoms with Crippen molar-refractivity contribution in [2.75, 3.05) is 19.6 Å². The molecule has 0 aromatic heterocycles. The number of nitrogens with two attached hydrogens (primary N) is 1. The first kappa shape index (κ1) is 16.2. The van der Waals surface area contributed by atoms with Crippen LogP contribution in [0.15, 0.2) is 0 Å². The Morgan fingerprint density at radius 3 is 2.55 bits per heavy atom. The molecular weight excluding hydrogens is 274 g/mol. The van der Waals surface area contributed by atoms with E-state index in [4.69, 9.17) is 5.73 Å². The maximum Gasteiger partial charge on any atom is 0.280 e. The minimum Gasteiger partial charge on any atom is -0.329 e. The summed E-state index contributed by atoms with van der Waals surface area (Å²) in [4.78, 5) is 0. The molecule has 1 heterocycles. The fraction of sp³-hybridized carbons (Fsp3) is 1.00. The summed E-state index contributed by atoms with van der Waals surface area (Å²) >= 11 is 0. The lowest BCUT2D eigenvalue weighted by atomic mass is 9.77. The second-order valence-corrected chi connectivity index (χ2v) is 8.57. The van der Waals surface area contributed by atoms with Crippen LogP contribution in [0, 0.1) is 11.8 Å². The van der Waals surface area contributed by atoms with Crippen LogP contribution in [0.25, 0.3) is 0 Å². The van der Waals surface area contributed by atoms with E-state index in [1.807, 2.05) is 0 Å². The van der Waals surface area contributed by atoms with Crippen LogP contribution >= 0.6 is 0 Å². The summed E-state index contributed by atoms with van der Waals surface area (Å²) in [7, 11) is -3.41. The minimum atomic E-state index is -3.41. The van der Waals surface area contributed by atoms with Crippen molar-refractivity contribution in [1.82, 2.24) is 9.03 Å². The molecule has 3 atom stereocenters. The summed E-state index contributed by atoms with van der Waals surface area (Å²) in [5.41, 5.74) is 5.49. The van der Waals surface area contributed by atoms with Gasteiger partial charge in [0.15, 0.2) is 0 Å². The van der Waals surface area contributed by atoms with Crippen LogP contribution in [-0.2, 0) is 10.2 Å². The van der Waals surface area contributed by atoms with Crippen molar-refractivity contribution in [2.45, 2.75) is 57.9 Å². The maximum atomic E-state index is 12.6. The predicted molar refractivity (Wildman–Crippen MR) is 81.4 cm³/mol. The first-order valence-electron chi connectivity index (χ1n) is 7.86. The lowest BCUT2D eigenvalue weighted by Crippen LogP contribution is -2.59. The average Bonchev–Trinajstić information content (AvgIpc) is 2.38. The number of piperidine rings is 1. The summed E-state index contributed by atoms with van der Waals surface area (Å²) in [6, 6.07) is 0. The molecule has 118 valence electrons. The number of rotatable bonds is 4. The van der Waals surface area contributed by atoms with E-state index < -0.39 is 15.7 Å². The van der Waals surface area contributed by atoms with E-state index >= 15 is 0 Å². The SMILES string of the molecule is CC1CCCN(S(=O)(=O)NC2(CN)CCCC(C)C2)C1. The Kier molecular flexibility index (Phi) is 5.10. The van der Waals surface area contributed by atoms with Crippen molar-refractivity contribution in [3.8, 4) is 0 Å². The van der Waals surface area contributed by atoms with Gasteiger partial charge in [0.25, 0.3) is 10.2 Å². The van der Waals surface area contributed by atoms with Crippen LogP contribution < -0.4 is 10.5 Å². The molecule has 0 bridgehead atoms. The molecule has 5 nitrogen and oxygen atoms in total. The molecule has 2 fully saturated rings. The highest BCUT2D eigenvalue weighted by molar-refractivity contribution is 7.87. The third kappa shape index (κ3) is 3.72. The third-order valence-electron chi connectivity index (χ3n) is 4.79. The van der Waals surface area contributed by atoms with Crippen LogP contribution in [0.3, 0.4) is 0 Å². The third-order valence-corrected chi connectivity index (χ3v) is 6.49. The van der Waals surface area contributed by atoms with Gasteiger partial charge in [-0.2, -0.15) is 17.4 Å². The van der Waals surface area contributed by atoms with E-state index in [2.05, 4.69) is 18.6 Å². The molecule has 3 unspecified atom stereocenters. The molecule has 0 spiro atoms. The highest BCUT2D eigenvalue weighted by atomic mass is 32.2. The lowest BCUT2D eigenvalue weighted by Gasteiger charge is -2.41. The van der Waals surface area contributed by atoms with Gasteiger partial charge < -0.3 is 5.73 Å². The zero-order valence-corrected chi connectivity index (χ0v) is 13.6. The lowest BCUT2D eigenvalue weighted by molar-refractivity contribution is 0.212. The summed E-state index contributed by atoms with van der Waals surface area (Å²) < 4.78 is 29.8. The number of nitrogens with zero attached hydrogens (tertiary/aromatic N) is 1. The highest BCUT2D eigenvalue weighted by Gasteiger charge is 2.39. The molecule has 0 aromatic carbocycles. The van der Waals surface area contributed by atoms with Crippen LogP contribution in [0.5, 0.6) is 0 Å². The van der Waals surface area contributed by atoms with Crippen molar-refractivity contribution in [1.29, 1.82) is 0 Å². The smallest absolute Gasteiger partial charge is 0.280 e. The summed E-state index contributed by atoms with van der Waals surface area (Å²) in [6.45, 7) is 5.95. The number of hydrogen-bond acceptors (Lipinski definition) is 3. The Morgan fingerprint density at radius 2 is 1.95 bits per heavy atom. The Labute approximate surface area is 123 Å². The van der Waals surface area contributed by atoms with Crippen LogP contribution in [0.2, 0.25) is 0 Å². The van der Waals surface area contributed by atoms with Crippen LogP contribution in [-0.4, -0.2) is 37.9 Å². The zero-order chi connectivity index (χ0) is 14.8. The van der Waals surface area contributed by atoms with E-state index in [9.17, 15) is 8.42 Å². The Balaban J connectivity index is 2.09. The first-order chi connectivity index (χ1) is 9.37. The summed E-state index contributed by atoms with van der Waals surface area (Å²) in [5, 5.41) is 0. The second-order valence-electron chi connectivity index (χ2n) is 6.90. The van der Waals surface area contributed by atoms with Crippen molar-refractivity contribution in [3.63, 3.8) is 0 Å². The molecule has 1 saturated carbocycles. The zero-order valence-electron chi connectivity index (χ0n) is 12.8. The summed E-state index contributed by atoms with van der Waals surface area (Å²) in [6.07, 6.45) is 6.00. The van der Waals surface area contributed by atoms with Gasteiger partial charge in [0, 0.05) is 25.2 Å². The molecule has 0 amide bonds. The molecule has 20 heavy (non-hydrogen) atoms. The van der Waals surface area contributed by atoms with Gasteiger partial charge in [0.05, 0.1) is 0 Å². The van der Waals surface area contributed by atoms with Gasteiger partial charge in [-0.25, -0.2) is 0 Å². The molecule has 0 aromatic rings. The van der Waals surface area contributed by atoms with Crippen molar-refractivity contribution < 1.29 is 8.42 Å². The standard InChI is InChI=1S/C14H29N3O2S/c1-12-5-3-7-14(9-12,11-15)16-20(18,19)17-8-4-6-13(2)10-17/h12-13,16H,3-11,15H2,1-2H3. The van der Waals surface area contributed by atoms with Crippen LogP contribution in [0.1, 0.15) is 52.4 Å². The highest BCUT2D eigenvalue weighted by Crippen LogP contribution is 2.32.